The van der Waals surface area contributed by atoms with E-state index in [1.165, 1.54) is 43.8 Å². The van der Waals surface area contributed by atoms with Gasteiger partial charge in [-0.25, -0.2) is 4.98 Å². The predicted octanol–water partition coefficient (Wildman–Crippen LogP) is 15.7. The van der Waals surface area contributed by atoms with E-state index in [0.717, 1.165) is 66.4 Å². The minimum atomic E-state index is 0.586. The Labute approximate surface area is 339 Å². The molecule has 0 saturated heterocycles. The highest BCUT2D eigenvalue weighted by molar-refractivity contribution is 6.20. The fourth-order valence-electron chi connectivity index (χ4n) is 8.84. The van der Waals surface area contributed by atoms with E-state index < -0.39 is 0 Å². The Morgan fingerprint density at radius 3 is 1.75 bits per heavy atom. The summed E-state index contributed by atoms with van der Waals surface area (Å²) in [6.07, 6.45) is 0. The first-order valence-corrected chi connectivity index (χ1v) is 19.9. The standard InChI is InChI=1S/C55H34N2O2/c1-2-12-35(13-3-1)36-22-27-40(28-23-36)57(41-29-24-37(25-30-41)47-32-38-14-4-5-15-42(38)43-16-6-7-17-44(43)47)51-34-49-48-33-39(55-56-50-20-10-11-21-53(50)59-55)26-31-52(48)58-54(49)46-19-9-8-18-45(46)51/h1-34H. The van der Waals surface area contributed by atoms with Crippen molar-refractivity contribution in [3.05, 3.63) is 206 Å². The Morgan fingerprint density at radius 1 is 0.356 bits per heavy atom. The molecule has 0 aliphatic carbocycles. The highest BCUT2D eigenvalue weighted by atomic mass is 16.3. The van der Waals surface area contributed by atoms with Gasteiger partial charge < -0.3 is 13.7 Å². The SMILES string of the molecule is c1ccc(-c2ccc(N(c3ccc(-c4cc5ccccc5c5ccccc45)cc3)c3cc4c5cc(-c6nc7ccccc7o6)ccc5oc4c4ccccc34)cc2)cc1. The third-order valence-electron chi connectivity index (χ3n) is 11.7. The summed E-state index contributed by atoms with van der Waals surface area (Å²) in [5, 5.41) is 9.17. The highest BCUT2D eigenvalue weighted by Gasteiger charge is 2.22. The van der Waals surface area contributed by atoms with Gasteiger partial charge in [-0.3, -0.25) is 0 Å². The molecule has 0 aliphatic rings. The van der Waals surface area contributed by atoms with E-state index in [9.17, 15) is 0 Å². The van der Waals surface area contributed by atoms with Crippen molar-refractivity contribution >= 4 is 82.4 Å². The van der Waals surface area contributed by atoms with E-state index in [-0.39, 0.29) is 0 Å². The van der Waals surface area contributed by atoms with Crippen molar-refractivity contribution < 1.29 is 8.83 Å². The second-order valence-electron chi connectivity index (χ2n) is 15.1. The van der Waals surface area contributed by atoms with Crippen molar-refractivity contribution in [2.75, 3.05) is 4.90 Å². The minimum Gasteiger partial charge on any atom is -0.455 e. The minimum absolute atomic E-state index is 0.586. The molecule has 2 aromatic heterocycles. The molecule has 0 radical (unpaired) electrons. The van der Waals surface area contributed by atoms with Crippen LogP contribution in [-0.2, 0) is 0 Å². The third kappa shape index (κ3) is 5.49. The van der Waals surface area contributed by atoms with Crippen molar-refractivity contribution in [2.24, 2.45) is 0 Å². The number of nitrogens with zero attached hydrogens (tertiary/aromatic N) is 2. The first kappa shape index (κ1) is 33.2. The summed E-state index contributed by atoms with van der Waals surface area (Å²) in [4.78, 5) is 7.19. The summed E-state index contributed by atoms with van der Waals surface area (Å²) >= 11 is 0. The van der Waals surface area contributed by atoms with Crippen LogP contribution in [0.2, 0.25) is 0 Å². The topological polar surface area (TPSA) is 42.4 Å². The molecule has 4 heteroatoms. The van der Waals surface area contributed by atoms with E-state index in [0.29, 0.717) is 5.89 Å². The number of aromatic nitrogens is 1. The van der Waals surface area contributed by atoms with Crippen LogP contribution in [0.25, 0.3) is 99.1 Å². The monoisotopic (exact) mass is 754 g/mol. The molecular formula is C55H34N2O2. The van der Waals surface area contributed by atoms with Gasteiger partial charge in [-0.2, -0.15) is 0 Å². The molecule has 0 N–H and O–H groups in total. The van der Waals surface area contributed by atoms with Crippen LogP contribution in [0.15, 0.2) is 215 Å². The van der Waals surface area contributed by atoms with Crippen LogP contribution in [-0.4, -0.2) is 4.98 Å². The number of fused-ring (bicyclic) bond motifs is 9. The lowest BCUT2D eigenvalue weighted by Crippen LogP contribution is -2.10. The zero-order chi connectivity index (χ0) is 38.9. The molecule has 276 valence electrons. The molecule has 0 atom stereocenters. The van der Waals surface area contributed by atoms with Crippen LogP contribution >= 0.6 is 0 Å². The Balaban J connectivity index is 1.06. The first-order chi connectivity index (χ1) is 29.2. The van der Waals surface area contributed by atoms with Crippen molar-refractivity contribution in [1.29, 1.82) is 0 Å². The van der Waals surface area contributed by atoms with Crippen LogP contribution in [0.3, 0.4) is 0 Å². The maximum atomic E-state index is 6.69. The largest absolute Gasteiger partial charge is 0.455 e. The van der Waals surface area contributed by atoms with Gasteiger partial charge in [-0.1, -0.05) is 140 Å². The molecule has 2 heterocycles. The zero-order valence-electron chi connectivity index (χ0n) is 31.8. The van der Waals surface area contributed by atoms with Crippen LogP contribution in [0.5, 0.6) is 0 Å². The molecule has 0 amide bonds. The number of benzene rings is 10. The van der Waals surface area contributed by atoms with Crippen molar-refractivity contribution in [3.8, 4) is 33.7 Å². The molecule has 0 spiro atoms. The summed E-state index contributed by atoms with van der Waals surface area (Å²) < 4.78 is 12.9. The van der Waals surface area contributed by atoms with E-state index in [4.69, 9.17) is 13.8 Å². The van der Waals surface area contributed by atoms with Crippen LogP contribution in [0, 0.1) is 0 Å². The number of rotatable bonds is 6. The molecule has 0 fully saturated rings. The second-order valence-corrected chi connectivity index (χ2v) is 15.1. The average molecular weight is 755 g/mol. The molecule has 12 rings (SSSR count). The van der Waals surface area contributed by atoms with Crippen molar-refractivity contribution in [3.63, 3.8) is 0 Å². The van der Waals surface area contributed by atoms with E-state index in [1.54, 1.807) is 0 Å². The molecule has 59 heavy (non-hydrogen) atoms. The highest BCUT2D eigenvalue weighted by Crippen LogP contribution is 2.46. The summed E-state index contributed by atoms with van der Waals surface area (Å²) in [5.74, 6) is 0.586. The molecule has 4 nitrogen and oxygen atoms in total. The Kier molecular flexibility index (Phi) is 7.50. The maximum absolute atomic E-state index is 6.69. The predicted molar refractivity (Wildman–Crippen MR) is 245 cm³/mol. The van der Waals surface area contributed by atoms with Crippen molar-refractivity contribution in [1.82, 2.24) is 4.98 Å². The van der Waals surface area contributed by atoms with Crippen molar-refractivity contribution in [2.45, 2.75) is 0 Å². The quantitative estimate of drug-likeness (QED) is 0.159. The smallest absolute Gasteiger partial charge is 0.227 e. The van der Waals surface area contributed by atoms with Gasteiger partial charge in [0, 0.05) is 38.5 Å². The summed E-state index contributed by atoms with van der Waals surface area (Å²) in [5.41, 5.74) is 12.1. The Morgan fingerprint density at radius 2 is 0.966 bits per heavy atom. The van der Waals surface area contributed by atoms with Gasteiger partial charge in [0.15, 0.2) is 5.58 Å². The zero-order valence-corrected chi connectivity index (χ0v) is 31.8. The summed E-state index contributed by atoms with van der Waals surface area (Å²) in [6.45, 7) is 0. The van der Waals surface area contributed by atoms with Gasteiger partial charge >= 0.3 is 0 Å². The fraction of sp³-hybridized carbons (Fsp3) is 0. The number of anilines is 3. The molecule has 0 bridgehead atoms. The molecule has 0 unspecified atom stereocenters. The lowest BCUT2D eigenvalue weighted by atomic mass is 9.93. The van der Waals surface area contributed by atoms with Crippen LogP contribution in [0.1, 0.15) is 0 Å². The van der Waals surface area contributed by atoms with Gasteiger partial charge in [-0.15, -0.1) is 0 Å². The van der Waals surface area contributed by atoms with Gasteiger partial charge in [0.1, 0.15) is 16.7 Å². The number of hydrogen-bond acceptors (Lipinski definition) is 4. The van der Waals surface area contributed by atoms with Gasteiger partial charge in [0.2, 0.25) is 5.89 Å². The van der Waals surface area contributed by atoms with Gasteiger partial charge in [-0.05, 0) is 111 Å². The summed E-state index contributed by atoms with van der Waals surface area (Å²) in [7, 11) is 0. The number of hydrogen-bond donors (Lipinski definition) is 0. The Hall–Kier alpha value is -7.95. The third-order valence-corrected chi connectivity index (χ3v) is 11.7. The van der Waals surface area contributed by atoms with Crippen LogP contribution < -0.4 is 4.90 Å². The lowest BCUT2D eigenvalue weighted by Gasteiger charge is -2.27. The van der Waals surface area contributed by atoms with Crippen LogP contribution in [0.4, 0.5) is 17.1 Å². The van der Waals surface area contributed by atoms with E-state index in [2.05, 4.69) is 175 Å². The fourth-order valence-corrected chi connectivity index (χ4v) is 8.84. The lowest BCUT2D eigenvalue weighted by molar-refractivity contribution is 0.620. The second kappa shape index (κ2) is 13.3. The maximum Gasteiger partial charge on any atom is 0.227 e. The van der Waals surface area contributed by atoms with Gasteiger partial charge in [0.05, 0.1) is 5.69 Å². The average Bonchev–Trinajstić information content (AvgIpc) is 3.92. The van der Waals surface area contributed by atoms with E-state index in [1.807, 2.05) is 36.4 Å². The van der Waals surface area contributed by atoms with Gasteiger partial charge in [0.25, 0.3) is 0 Å². The summed E-state index contributed by atoms with van der Waals surface area (Å²) in [6, 6.07) is 73.1. The molecule has 0 aliphatic heterocycles. The molecular weight excluding hydrogens is 721 g/mol. The molecule has 12 aromatic rings. The molecule has 0 saturated carbocycles. The number of para-hydroxylation sites is 2. The molecule has 10 aromatic carbocycles. The number of furan rings is 1. The Bertz CT molecular complexity index is 3510. The normalized spacial score (nSPS) is 11.7. The van der Waals surface area contributed by atoms with E-state index >= 15 is 0 Å². The first-order valence-electron chi connectivity index (χ1n) is 19.9. The number of oxazole rings is 1.